The molecule has 1 saturated carbocycles. The molecule has 1 aliphatic rings. The maximum Gasteiger partial charge on any atom is 0.214 e. The van der Waals surface area contributed by atoms with Crippen molar-refractivity contribution in [2.24, 2.45) is 11.1 Å². The summed E-state index contributed by atoms with van der Waals surface area (Å²) in [7, 11) is 0. The molecular weight excluding hydrogens is 128 g/mol. The molecule has 0 aliphatic heterocycles. The Balaban J connectivity index is 2.30. The highest BCUT2D eigenvalue weighted by Gasteiger charge is 2.24. The summed E-state index contributed by atoms with van der Waals surface area (Å²) in [5.74, 6) is 0.791. The molecular formula is C7H12N2O. The molecule has 0 unspecified atom stereocenters. The summed E-state index contributed by atoms with van der Waals surface area (Å²) in [5, 5.41) is 10.7. The second kappa shape index (κ2) is 2.82. The lowest BCUT2D eigenvalue weighted by molar-refractivity contribution is 0.320. The van der Waals surface area contributed by atoms with Crippen molar-refractivity contribution in [1.29, 1.82) is 5.41 Å². The Morgan fingerprint density at radius 1 is 1.50 bits per heavy atom. The lowest BCUT2D eigenvalue weighted by atomic mass is 10.3. The summed E-state index contributed by atoms with van der Waals surface area (Å²) in [4.78, 5) is 4.68. The first-order chi connectivity index (χ1) is 4.70. The second-order valence-corrected chi connectivity index (χ2v) is 2.65. The van der Waals surface area contributed by atoms with Gasteiger partial charge >= 0.3 is 0 Å². The maximum atomic E-state index is 6.92. The summed E-state index contributed by atoms with van der Waals surface area (Å²) < 4.78 is 0. The van der Waals surface area contributed by atoms with Gasteiger partial charge in [0.2, 0.25) is 5.90 Å². The Morgan fingerprint density at radius 3 is 2.50 bits per heavy atom. The first-order valence-corrected chi connectivity index (χ1v) is 3.47. The van der Waals surface area contributed by atoms with Crippen molar-refractivity contribution in [3.63, 3.8) is 0 Å². The average Bonchev–Trinajstić information content (AvgIpc) is 2.63. The normalized spacial score (nSPS) is 18.8. The highest BCUT2D eigenvalue weighted by Crippen LogP contribution is 2.30. The summed E-state index contributed by atoms with van der Waals surface area (Å²) in [6.07, 6.45) is 2.46. The van der Waals surface area contributed by atoms with E-state index in [1.54, 1.807) is 6.92 Å². The van der Waals surface area contributed by atoms with Crippen LogP contribution in [0.2, 0.25) is 0 Å². The van der Waals surface area contributed by atoms with Gasteiger partial charge in [-0.25, -0.2) is 0 Å². The van der Waals surface area contributed by atoms with Crippen molar-refractivity contribution in [3.8, 4) is 0 Å². The highest BCUT2D eigenvalue weighted by molar-refractivity contribution is 5.86. The fraction of sp³-hybridized carbons (Fsp3) is 0.714. The van der Waals surface area contributed by atoms with Crippen LogP contribution in [-0.4, -0.2) is 11.6 Å². The van der Waals surface area contributed by atoms with E-state index in [-0.39, 0.29) is 5.90 Å². The van der Waals surface area contributed by atoms with Gasteiger partial charge in [-0.1, -0.05) is 5.16 Å². The Morgan fingerprint density at radius 2 is 2.10 bits per heavy atom. The number of hydrogen-bond donors (Lipinski definition) is 1. The largest absolute Gasteiger partial charge is 0.342 e. The molecule has 0 amide bonds. The first kappa shape index (κ1) is 7.25. The van der Waals surface area contributed by atoms with Crippen LogP contribution in [0.3, 0.4) is 0 Å². The molecule has 0 aromatic rings. The van der Waals surface area contributed by atoms with Crippen LogP contribution in [0.15, 0.2) is 5.16 Å². The number of nitrogens with one attached hydrogen (secondary N) is 1. The van der Waals surface area contributed by atoms with Gasteiger partial charge in [0.05, 0.1) is 5.71 Å². The van der Waals surface area contributed by atoms with Crippen LogP contribution in [0.4, 0.5) is 0 Å². The zero-order chi connectivity index (χ0) is 7.56. The molecule has 10 heavy (non-hydrogen) atoms. The fourth-order valence-corrected chi connectivity index (χ4v) is 0.716. The summed E-state index contributed by atoms with van der Waals surface area (Å²) in [6, 6.07) is 0. The van der Waals surface area contributed by atoms with Crippen LogP contribution >= 0.6 is 0 Å². The number of hydrogen-bond acceptors (Lipinski definition) is 3. The Bertz CT molecular complexity index is 170. The Kier molecular flexibility index (Phi) is 2.04. The molecule has 0 spiro atoms. The van der Waals surface area contributed by atoms with Crippen molar-refractivity contribution < 1.29 is 4.84 Å². The second-order valence-electron chi connectivity index (χ2n) is 2.65. The van der Waals surface area contributed by atoms with Gasteiger partial charge in [-0.3, -0.25) is 5.41 Å². The lowest BCUT2D eigenvalue weighted by Gasteiger charge is -1.95. The van der Waals surface area contributed by atoms with Gasteiger partial charge in [0.1, 0.15) is 0 Å². The van der Waals surface area contributed by atoms with Gasteiger partial charge in [-0.2, -0.15) is 0 Å². The van der Waals surface area contributed by atoms with Gasteiger partial charge < -0.3 is 4.84 Å². The van der Waals surface area contributed by atoms with E-state index in [2.05, 4.69) is 9.99 Å². The number of rotatable bonds is 2. The third kappa shape index (κ3) is 2.17. The Hall–Kier alpha value is -0.860. The van der Waals surface area contributed by atoms with Crippen molar-refractivity contribution in [2.75, 3.05) is 0 Å². The van der Waals surface area contributed by atoms with Crippen LogP contribution in [-0.2, 0) is 4.84 Å². The van der Waals surface area contributed by atoms with Crippen molar-refractivity contribution in [2.45, 2.75) is 26.7 Å². The van der Waals surface area contributed by atoms with Crippen LogP contribution in [0, 0.1) is 11.3 Å². The van der Waals surface area contributed by atoms with Gasteiger partial charge in [-0.15, -0.1) is 0 Å². The lowest BCUT2D eigenvalue weighted by Crippen LogP contribution is -1.98. The minimum absolute atomic E-state index is 0.153. The maximum absolute atomic E-state index is 6.92. The summed E-state index contributed by atoms with van der Waals surface area (Å²) in [6.45, 7) is 3.52. The minimum Gasteiger partial charge on any atom is -0.342 e. The van der Waals surface area contributed by atoms with Gasteiger partial charge in [0.25, 0.3) is 0 Å². The molecule has 0 aromatic heterocycles. The van der Waals surface area contributed by atoms with Crippen molar-refractivity contribution in [3.05, 3.63) is 0 Å². The molecule has 1 aliphatic carbocycles. The molecule has 3 nitrogen and oxygen atoms in total. The van der Waals surface area contributed by atoms with Gasteiger partial charge in [0.15, 0.2) is 0 Å². The van der Waals surface area contributed by atoms with E-state index in [0.717, 1.165) is 5.71 Å². The van der Waals surface area contributed by atoms with E-state index in [1.807, 2.05) is 6.92 Å². The first-order valence-electron chi connectivity index (χ1n) is 3.47. The molecule has 0 aromatic carbocycles. The summed E-state index contributed by atoms with van der Waals surface area (Å²) >= 11 is 0. The SMILES string of the molecule is CC(=N)O/N=C(\C)C1CC1. The van der Waals surface area contributed by atoms with Crippen molar-refractivity contribution >= 4 is 11.6 Å². The fourth-order valence-electron chi connectivity index (χ4n) is 0.716. The topological polar surface area (TPSA) is 45.4 Å². The average molecular weight is 140 g/mol. The molecule has 1 N–H and O–H groups in total. The van der Waals surface area contributed by atoms with E-state index in [9.17, 15) is 0 Å². The van der Waals surface area contributed by atoms with E-state index in [0.29, 0.717) is 5.92 Å². The zero-order valence-electron chi connectivity index (χ0n) is 6.35. The smallest absolute Gasteiger partial charge is 0.214 e. The van der Waals surface area contributed by atoms with Crippen LogP contribution in [0.5, 0.6) is 0 Å². The molecule has 3 heteroatoms. The molecule has 0 radical (unpaired) electrons. The van der Waals surface area contributed by atoms with Gasteiger partial charge in [-0.05, 0) is 19.8 Å². The molecule has 56 valence electrons. The minimum atomic E-state index is 0.153. The number of nitrogens with zero attached hydrogens (tertiary/aromatic N) is 1. The Labute approximate surface area is 60.6 Å². The molecule has 0 bridgehead atoms. The molecule has 1 rings (SSSR count). The van der Waals surface area contributed by atoms with Crippen LogP contribution in [0.1, 0.15) is 26.7 Å². The zero-order valence-corrected chi connectivity index (χ0v) is 6.35. The third-order valence-corrected chi connectivity index (χ3v) is 1.49. The monoisotopic (exact) mass is 140 g/mol. The predicted octanol–water partition coefficient (Wildman–Crippen LogP) is 1.79. The van der Waals surface area contributed by atoms with E-state index in [1.165, 1.54) is 12.8 Å². The standard InChI is InChI=1S/C7H12N2O/c1-5(7-3-4-7)9-10-6(2)8/h7-8H,3-4H2,1-2H3/b8-6?,9-5+. The van der Waals surface area contributed by atoms with E-state index < -0.39 is 0 Å². The van der Waals surface area contributed by atoms with E-state index in [4.69, 9.17) is 5.41 Å². The van der Waals surface area contributed by atoms with Crippen LogP contribution < -0.4 is 0 Å². The van der Waals surface area contributed by atoms with Crippen LogP contribution in [0.25, 0.3) is 0 Å². The predicted molar refractivity (Wildman–Crippen MR) is 40.3 cm³/mol. The quantitative estimate of drug-likeness (QED) is 0.354. The number of oxime groups is 1. The summed E-state index contributed by atoms with van der Waals surface area (Å²) in [5.41, 5.74) is 1.02. The third-order valence-electron chi connectivity index (χ3n) is 1.49. The van der Waals surface area contributed by atoms with Crippen molar-refractivity contribution in [1.82, 2.24) is 0 Å². The molecule has 0 heterocycles. The highest BCUT2D eigenvalue weighted by atomic mass is 16.6. The molecule has 0 atom stereocenters. The molecule has 1 fully saturated rings. The van der Waals surface area contributed by atoms with Gasteiger partial charge in [0, 0.05) is 12.8 Å². The molecule has 0 saturated heterocycles. The van der Waals surface area contributed by atoms with E-state index >= 15 is 0 Å².